The molecule has 0 unspecified atom stereocenters. The number of aromatic carboxylic acids is 1. The molecule has 3 aromatic rings. The van der Waals surface area contributed by atoms with Crippen molar-refractivity contribution < 1.29 is 23.8 Å². The topological polar surface area (TPSA) is 84.7 Å². The van der Waals surface area contributed by atoms with Crippen LogP contribution in [0.5, 0.6) is 5.75 Å². The highest BCUT2D eigenvalue weighted by atomic mass is 127. The minimum atomic E-state index is -1.19. The molecule has 0 bridgehead atoms. The molecule has 1 amide bonds. The number of aromatic nitrogens is 2. The van der Waals surface area contributed by atoms with Crippen molar-refractivity contribution in [3.8, 4) is 11.4 Å². The summed E-state index contributed by atoms with van der Waals surface area (Å²) in [6.45, 7) is 0.785. The minimum absolute atomic E-state index is 0.134. The third kappa shape index (κ3) is 2.79. The van der Waals surface area contributed by atoms with Crippen LogP contribution in [0.2, 0.25) is 0 Å². The number of benzene rings is 2. The van der Waals surface area contributed by atoms with E-state index in [0.717, 1.165) is 22.1 Å². The van der Waals surface area contributed by atoms with Crippen molar-refractivity contribution in [2.45, 2.75) is 24.7 Å². The van der Waals surface area contributed by atoms with Gasteiger partial charge >= 0.3 is 5.97 Å². The smallest absolute Gasteiger partial charge is 0.356 e. The number of anilines is 1. The van der Waals surface area contributed by atoms with Gasteiger partial charge in [0.15, 0.2) is 17.3 Å². The summed E-state index contributed by atoms with van der Waals surface area (Å²) >= 11 is 2.20. The Bertz CT molecular complexity index is 1310. The van der Waals surface area contributed by atoms with Gasteiger partial charge in [0, 0.05) is 44.8 Å². The van der Waals surface area contributed by atoms with Gasteiger partial charge in [0.2, 0.25) is 0 Å². The quantitative estimate of drug-likeness (QED) is 0.505. The van der Waals surface area contributed by atoms with Crippen molar-refractivity contribution in [1.82, 2.24) is 9.78 Å². The summed E-state index contributed by atoms with van der Waals surface area (Å²) in [6.07, 6.45) is 2.08. The number of amides is 1. The van der Waals surface area contributed by atoms with Crippen LogP contribution in [0, 0.1) is 9.39 Å². The Kier molecular flexibility index (Phi) is 4.17. The van der Waals surface area contributed by atoms with E-state index in [1.807, 2.05) is 24.3 Å². The van der Waals surface area contributed by atoms with Gasteiger partial charge in [-0.25, -0.2) is 13.9 Å². The van der Waals surface area contributed by atoms with Crippen LogP contribution in [0.4, 0.5) is 10.1 Å². The lowest BCUT2D eigenvalue weighted by molar-refractivity contribution is 0.0688. The maximum Gasteiger partial charge on any atom is 0.356 e. The number of halogens is 2. The number of carboxylic acid groups (broad SMARTS) is 1. The molecule has 1 N–H and O–H groups in total. The molecule has 32 heavy (non-hydrogen) atoms. The molecule has 0 saturated heterocycles. The number of nitrogens with zero attached hydrogens (tertiary/aromatic N) is 3. The first kappa shape index (κ1) is 19.7. The number of ether oxygens (including phenoxy) is 1. The lowest BCUT2D eigenvalue weighted by Crippen LogP contribution is -2.44. The molecule has 1 aromatic heterocycles. The highest BCUT2D eigenvalue weighted by molar-refractivity contribution is 14.1. The third-order valence-electron chi connectivity index (χ3n) is 6.49. The summed E-state index contributed by atoms with van der Waals surface area (Å²) in [5, 5.41) is 14.2. The number of fused-ring (bicyclic) bond motifs is 3. The van der Waals surface area contributed by atoms with Gasteiger partial charge in [0.1, 0.15) is 5.69 Å². The number of carbonyl (C=O) groups is 2. The molecular weight excluding hydrogens is 528 g/mol. The summed E-state index contributed by atoms with van der Waals surface area (Å²) < 4.78 is 22.4. The van der Waals surface area contributed by atoms with Gasteiger partial charge in [-0.15, -0.1) is 0 Å². The first-order valence-electron chi connectivity index (χ1n) is 10.3. The van der Waals surface area contributed by atoms with Gasteiger partial charge in [0.25, 0.3) is 5.91 Å². The molecular formula is C23H17FIN3O4. The predicted molar refractivity (Wildman–Crippen MR) is 121 cm³/mol. The van der Waals surface area contributed by atoms with Crippen LogP contribution in [0.3, 0.4) is 0 Å². The Morgan fingerprint density at radius 1 is 1.19 bits per heavy atom. The molecule has 0 radical (unpaired) electrons. The molecule has 9 heteroatoms. The number of hydrogen-bond donors (Lipinski definition) is 1. The fourth-order valence-electron chi connectivity index (χ4n) is 4.79. The molecule has 2 aliphatic heterocycles. The monoisotopic (exact) mass is 545 g/mol. The Morgan fingerprint density at radius 2 is 1.94 bits per heavy atom. The minimum Gasteiger partial charge on any atom is -0.490 e. The zero-order chi connectivity index (χ0) is 22.2. The maximum absolute atomic E-state index is 14.7. The highest BCUT2D eigenvalue weighted by Gasteiger charge is 2.56. The van der Waals surface area contributed by atoms with E-state index < -0.39 is 17.2 Å². The van der Waals surface area contributed by atoms with Gasteiger partial charge in [-0.2, -0.15) is 5.10 Å². The van der Waals surface area contributed by atoms with E-state index in [1.54, 1.807) is 11.0 Å². The normalized spacial score (nSPS) is 17.8. The van der Waals surface area contributed by atoms with Crippen LogP contribution in [0.15, 0.2) is 36.4 Å². The van der Waals surface area contributed by atoms with Gasteiger partial charge in [-0.05, 0) is 65.8 Å². The average Bonchev–Trinajstić information content (AvgIpc) is 3.19. The second-order valence-electron chi connectivity index (χ2n) is 8.45. The third-order valence-corrected chi connectivity index (χ3v) is 7.21. The maximum atomic E-state index is 14.7. The summed E-state index contributed by atoms with van der Waals surface area (Å²) in [7, 11) is 0. The van der Waals surface area contributed by atoms with E-state index in [0.29, 0.717) is 36.4 Å². The van der Waals surface area contributed by atoms with Gasteiger partial charge in [-0.1, -0.05) is 0 Å². The molecule has 1 saturated carbocycles. The summed E-state index contributed by atoms with van der Waals surface area (Å²) in [5.41, 5.74) is 1.83. The second kappa shape index (κ2) is 6.77. The van der Waals surface area contributed by atoms with Crippen LogP contribution >= 0.6 is 22.6 Å². The van der Waals surface area contributed by atoms with E-state index in [4.69, 9.17) is 4.74 Å². The highest BCUT2D eigenvalue weighted by Crippen LogP contribution is 2.54. The van der Waals surface area contributed by atoms with Crippen LogP contribution < -0.4 is 9.64 Å². The Hall–Kier alpha value is -2.95. The van der Waals surface area contributed by atoms with Crippen molar-refractivity contribution in [2.24, 2.45) is 0 Å². The van der Waals surface area contributed by atoms with Crippen LogP contribution in [-0.4, -0.2) is 39.9 Å². The fraction of sp³-hybridized carbons (Fsp3) is 0.261. The molecule has 3 heterocycles. The fourth-order valence-corrected chi connectivity index (χ4v) is 5.15. The van der Waals surface area contributed by atoms with Crippen molar-refractivity contribution in [2.75, 3.05) is 18.1 Å². The molecule has 0 atom stereocenters. The predicted octanol–water partition coefficient (Wildman–Crippen LogP) is 3.94. The average molecular weight is 545 g/mol. The lowest BCUT2D eigenvalue weighted by atomic mass is 9.88. The van der Waals surface area contributed by atoms with Gasteiger partial charge < -0.3 is 14.7 Å². The van der Waals surface area contributed by atoms with E-state index in [9.17, 15) is 19.1 Å². The van der Waals surface area contributed by atoms with Crippen molar-refractivity contribution in [3.05, 3.63) is 68.3 Å². The van der Waals surface area contributed by atoms with E-state index >= 15 is 0 Å². The zero-order valence-electron chi connectivity index (χ0n) is 16.8. The summed E-state index contributed by atoms with van der Waals surface area (Å²) in [4.78, 5) is 27.5. The molecule has 1 aliphatic carbocycles. The van der Waals surface area contributed by atoms with E-state index in [2.05, 4.69) is 27.7 Å². The lowest BCUT2D eigenvalue weighted by Gasteiger charge is -2.33. The molecule has 1 fully saturated rings. The van der Waals surface area contributed by atoms with E-state index in [-0.39, 0.29) is 23.0 Å². The van der Waals surface area contributed by atoms with Crippen LogP contribution in [-0.2, 0) is 11.8 Å². The molecule has 1 spiro atoms. The standard InChI is InChI=1S/C23H17FIN3O4/c24-16-10-15(9-12-5-8-32-20(12)16)28-19-17(18(26-28)22(30)31)23(6-7-23)11-27(21(19)29)14-3-1-13(25)2-4-14/h1-4,9-10H,5-8,11H2,(H,30,31). The Balaban J connectivity index is 1.57. The zero-order valence-corrected chi connectivity index (χ0v) is 18.9. The largest absolute Gasteiger partial charge is 0.490 e. The molecule has 2 aromatic carbocycles. The molecule has 6 rings (SSSR count). The van der Waals surface area contributed by atoms with Crippen LogP contribution in [0.1, 0.15) is 44.9 Å². The van der Waals surface area contributed by atoms with Crippen LogP contribution in [0.25, 0.3) is 5.69 Å². The summed E-state index contributed by atoms with van der Waals surface area (Å²) in [5.74, 6) is -1.86. The van der Waals surface area contributed by atoms with Crippen molar-refractivity contribution >= 4 is 40.2 Å². The Labute approximate surface area is 195 Å². The second-order valence-corrected chi connectivity index (χ2v) is 9.70. The van der Waals surface area contributed by atoms with Crippen molar-refractivity contribution in [3.63, 3.8) is 0 Å². The van der Waals surface area contributed by atoms with E-state index in [1.165, 1.54) is 10.7 Å². The first-order chi connectivity index (χ1) is 15.4. The molecule has 162 valence electrons. The SMILES string of the molecule is O=C(O)c1nn(-c2cc(F)c3c(c2)CCO3)c2c1C1(CC1)CN(c1ccc(I)cc1)C2=O. The van der Waals surface area contributed by atoms with Gasteiger partial charge in [0.05, 0.1) is 12.3 Å². The van der Waals surface area contributed by atoms with Gasteiger partial charge in [-0.3, -0.25) is 4.79 Å². The number of carbonyl (C=O) groups excluding carboxylic acids is 1. The summed E-state index contributed by atoms with van der Waals surface area (Å²) in [6, 6.07) is 10.6. The number of hydrogen-bond acceptors (Lipinski definition) is 4. The number of carboxylic acids is 1. The Morgan fingerprint density at radius 3 is 2.62 bits per heavy atom. The number of rotatable bonds is 3. The molecule has 7 nitrogen and oxygen atoms in total. The molecule has 3 aliphatic rings. The first-order valence-corrected chi connectivity index (χ1v) is 11.4. The van der Waals surface area contributed by atoms with Crippen molar-refractivity contribution in [1.29, 1.82) is 0 Å².